The van der Waals surface area contributed by atoms with Gasteiger partial charge in [-0.25, -0.2) is 8.42 Å². The Morgan fingerprint density at radius 3 is 2.57 bits per heavy atom. The van der Waals surface area contributed by atoms with Crippen molar-refractivity contribution in [2.75, 3.05) is 30.0 Å². The van der Waals surface area contributed by atoms with Crippen molar-refractivity contribution in [3.8, 4) is 5.75 Å². The van der Waals surface area contributed by atoms with Gasteiger partial charge in [-0.2, -0.15) is 0 Å². The predicted molar refractivity (Wildman–Crippen MR) is 90.2 cm³/mol. The van der Waals surface area contributed by atoms with Crippen LogP contribution in [0.5, 0.6) is 5.75 Å². The largest absolute Gasteiger partial charge is 0.491 e. The Morgan fingerprint density at radius 1 is 1.04 bits per heavy atom. The number of sulfone groups is 1. The van der Waals surface area contributed by atoms with Crippen LogP contribution < -0.4 is 10.1 Å². The molecule has 2 aromatic rings. The maximum absolute atomic E-state index is 11.4. The standard InChI is InChI=1S/C8H9NOS.C8H8O3S/c10-11-6-5-9-7-3-1-2-4-8(7)11;9-12(10)6-5-11-7-3-1-2-4-8(7)12/h1-4,9H,5-6H2;1-4H,5-6H2. The highest BCUT2D eigenvalue weighted by molar-refractivity contribution is 7.91. The summed E-state index contributed by atoms with van der Waals surface area (Å²) in [6.45, 7) is 1.09. The molecule has 2 heterocycles. The summed E-state index contributed by atoms with van der Waals surface area (Å²) in [5.74, 6) is 1.30. The molecule has 1 unspecified atom stereocenters. The van der Waals surface area contributed by atoms with Crippen LogP contribution in [0.3, 0.4) is 0 Å². The molecule has 0 saturated heterocycles. The summed E-state index contributed by atoms with van der Waals surface area (Å²) in [4.78, 5) is 1.26. The second kappa shape index (κ2) is 6.72. The Morgan fingerprint density at radius 2 is 1.78 bits per heavy atom. The normalized spacial score (nSPS) is 20.6. The van der Waals surface area contributed by atoms with Gasteiger partial charge < -0.3 is 10.1 Å². The van der Waals surface area contributed by atoms with E-state index in [0.717, 1.165) is 22.9 Å². The molecule has 0 saturated carbocycles. The molecular weight excluding hydrogens is 334 g/mol. The van der Waals surface area contributed by atoms with E-state index in [1.165, 1.54) is 0 Å². The fourth-order valence-electron chi connectivity index (χ4n) is 2.40. The molecule has 1 N–H and O–H groups in total. The summed E-state index contributed by atoms with van der Waals surface area (Å²) in [5, 5.41) is 3.20. The average Bonchev–Trinajstić information content (AvgIpc) is 2.56. The van der Waals surface area contributed by atoms with Crippen LogP contribution in [-0.4, -0.2) is 37.3 Å². The molecule has 4 rings (SSSR count). The zero-order valence-corrected chi connectivity index (χ0v) is 14.0. The van der Waals surface area contributed by atoms with Crippen LogP contribution in [0.25, 0.3) is 0 Å². The molecular formula is C16H17NO4S2. The average molecular weight is 351 g/mol. The van der Waals surface area contributed by atoms with E-state index in [2.05, 4.69) is 5.32 Å². The Hall–Kier alpha value is -1.86. The molecule has 1 atom stereocenters. The second-order valence-corrected chi connectivity index (χ2v) is 8.70. The number of rotatable bonds is 0. The van der Waals surface area contributed by atoms with Crippen LogP contribution in [-0.2, 0) is 20.6 Å². The number of anilines is 1. The van der Waals surface area contributed by atoms with Crippen LogP contribution in [0, 0.1) is 0 Å². The molecule has 5 nitrogen and oxygen atoms in total. The Labute approximate surface area is 138 Å². The first-order chi connectivity index (χ1) is 11.1. The van der Waals surface area contributed by atoms with Crippen molar-refractivity contribution in [1.29, 1.82) is 0 Å². The highest BCUT2D eigenvalue weighted by Crippen LogP contribution is 2.27. The van der Waals surface area contributed by atoms with Crippen LogP contribution in [0.4, 0.5) is 5.69 Å². The van der Waals surface area contributed by atoms with E-state index >= 15 is 0 Å². The van der Waals surface area contributed by atoms with Crippen molar-refractivity contribution in [2.45, 2.75) is 9.79 Å². The van der Waals surface area contributed by atoms with Gasteiger partial charge in [0.15, 0.2) is 9.84 Å². The third-order valence-corrected chi connectivity index (χ3v) is 6.66. The minimum absolute atomic E-state index is 0.0873. The van der Waals surface area contributed by atoms with E-state index in [4.69, 9.17) is 4.74 Å². The molecule has 0 bridgehead atoms. The Bertz CT molecular complexity index is 833. The zero-order chi connectivity index (χ0) is 16.3. The van der Waals surface area contributed by atoms with Crippen molar-refractivity contribution in [3.63, 3.8) is 0 Å². The van der Waals surface area contributed by atoms with E-state index in [-0.39, 0.29) is 12.4 Å². The van der Waals surface area contributed by atoms with Gasteiger partial charge in [-0.1, -0.05) is 24.3 Å². The molecule has 2 aromatic carbocycles. The number of hydrogen-bond donors (Lipinski definition) is 1. The molecule has 0 spiro atoms. The molecule has 0 aromatic heterocycles. The van der Waals surface area contributed by atoms with Crippen LogP contribution in [0.2, 0.25) is 0 Å². The summed E-state index contributed by atoms with van der Waals surface area (Å²) in [6, 6.07) is 14.5. The molecule has 0 amide bonds. The zero-order valence-electron chi connectivity index (χ0n) is 12.4. The lowest BCUT2D eigenvalue weighted by molar-refractivity contribution is 0.322. The molecule has 7 heteroatoms. The number of benzene rings is 2. The quantitative estimate of drug-likeness (QED) is 0.787. The molecule has 0 radical (unpaired) electrons. The number of para-hydroxylation sites is 2. The molecule has 23 heavy (non-hydrogen) atoms. The molecule has 122 valence electrons. The van der Waals surface area contributed by atoms with E-state index in [0.29, 0.717) is 10.6 Å². The topological polar surface area (TPSA) is 72.5 Å². The first-order valence-corrected chi connectivity index (χ1v) is 10.2. The maximum Gasteiger partial charge on any atom is 0.185 e. The van der Waals surface area contributed by atoms with Crippen LogP contribution in [0.1, 0.15) is 0 Å². The third kappa shape index (κ3) is 3.56. The number of nitrogens with one attached hydrogen (secondary N) is 1. The van der Waals surface area contributed by atoms with Crippen molar-refractivity contribution in [2.24, 2.45) is 0 Å². The smallest absolute Gasteiger partial charge is 0.185 e. The van der Waals surface area contributed by atoms with Gasteiger partial charge in [0.05, 0.1) is 27.1 Å². The minimum atomic E-state index is -3.07. The van der Waals surface area contributed by atoms with Crippen molar-refractivity contribution < 1.29 is 17.4 Å². The molecule has 2 aliphatic rings. The monoisotopic (exact) mass is 351 g/mol. The molecule has 0 aliphatic carbocycles. The van der Waals surface area contributed by atoms with E-state index in [1.54, 1.807) is 24.3 Å². The van der Waals surface area contributed by atoms with E-state index in [1.807, 2.05) is 24.3 Å². The van der Waals surface area contributed by atoms with Crippen LogP contribution >= 0.6 is 0 Å². The van der Waals surface area contributed by atoms with Gasteiger partial charge in [0.25, 0.3) is 0 Å². The summed E-state index contributed by atoms with van der Waals surface area (Å²) in [5.41, 5.74) is 1.03. The summed E-state index contributed by atoms with van der Waals surface area (Å²) in [6.07, 6.45) is 0. The minimum Gasteiger partial charge on any atom is -0.491 e. The van der Waals surface area contributed by atoms with Crippen molar-refractivity contribution >= 4 is 26.3 Å². The van der Waals surface area contributed by atoms with Crippen LogP contribution in [0.15, 0.2) is 58.3 Å². The highest BCUT2D eigenvalue weighted by atomic mass is 32.2. The lowest BCUT2D eigenvalue weighted by Crippen LogP contribution is -2.20. The fraction of sp³-hybridized carbons (Fsp3) is 0.250. The second-order valence-electron chi connectivity index (χ2n) is 5.09. The summed E-state index contributed by atoms with van der Waals surface area (Å²) in [7, 11) is -3.84. The highest BCUT2D eigenvalue weighted by Gasteiger charge is 2.23. The van der Waals surface area contributed by atoms with Gasteiger partial charge in [-0.15, -0.1) is 0 Å². The fourth-order valence-corrected chi connectivity index (χ4v) is 4.76. The van der Waals surface area contributed by atoms with Crippen molar-refractivity contribution in [1.82, 2.24) is 0 Å². The summed E-state index contributed by atoms with van der Waals surface area (Å²) >= 11 is 0. The number of hydrogen-bond acceptors (Lipinski definition) is 5. The first kappa shape index (κ1) is 16.0. The van der Waals surface area contributed by atoms with E-state index < -0.39 is 20.6 Å². The lowest BCUT2D eigenvalue weighted by Gasteiger charge is -2.16. The predicted octanol–water partition coefficient (Wildman–Crippen LogP) is 2.07. The number of ether oxygens (including phenoxy) is 1. The van der Waals surface area contributed by atoms with E-state index in [9.17, 15) is 12.6 Å². The van der Waals surface area contributed by atoms with Gasteiger partial charge in [0.1, 0.15) is 17.3 Å². The third-order valence-electron chi connectivity index (χ3n) is 3.53. The van der Waals surface area contributed by atoms with Gasteiger partial charge in [0, 0.05) is 12.3 Å². The molecule has 0 fully saturated rings. The van der Waals surface area contributed by atoms with Gasteiger partial charge in [0.2, 0.25) is 0 Å². The van der Waals surface area contributed by atoms with Gasteiger partial charge in [-0.05, 0) is 24.3 Å². The maximum atomic E-state index is 11.4. The van der Waals surface area contributed by atoms with Crippen molar-refractivity contribution in [3.05, 3.63) is 48.5 Å². The SMILES string of the molecule is O=S1(=O)CCOc2ccccc21.O=S1CCNc2ccccc21. The summed E-state index contributed by atoms with van der Waals surface area (Å²) < 4.78 is 39.3. The Kier molecular flexibility index (Phi) is 4.68. The van der Waals surface area contributed by atoms with Gasteiger partial charge >= 0.3 is 0 Å². The first-order valence-electron chi connectivity index (χ1n) is 7.24. The van der Waals surface area contributed by atoms with Gasteiger partial charge in [-0.3, -0.25) is 4.21 Å². The number of fused-ring (bicyclic) bond motifs is 2. The lowest BCUT2D eigenvalue weighted by atomic mass is 10.3. The Balaban J connectivity index is 0.000000136. The molecule has 2 aliphatic heterocycles.